The third-order valence-corrected chi connectivity index (χ3v) is 6.55. The fraction of sp³-hybridized carbons (Fsp3) is 0.286. The Hall–Kier alpha value is -3.01. The number of thiocarbonyl (C=S) groups is 1. The zero-order chi connectivity index (χ0) is 26.6. The molecule has 1 amide bonds. The standard InChI is InChI=1S/C28H32BrFN4O2S/c1-3-34(4-2)17-18-36-26-19-22(32-28(37)31-16-15-20-9-11-21(29)12-10-20)13-14-25(26)33-27(35)23-7-5-6-8-24(23)30/h5-14,19H,3-4,15-18H2,1-2H3,(H,33,35)(H2,31,32,37). The van der Waals surface area contributed by atoms with Crippen molar-refractivity contribution < 1.29 is 13.9 Å². The lowest BCUT2D eigenvalue weighted by Crippen LogP contribution is -2.30. The lowest BCUT2D eigenvalue weighted by atomic mass is 10.1. The number of hydrogen-bond acceptors (Lipinski definition) is 4. The van der Waals surface area contributed by atoms with Crippen molar-refractivity contribution in [1.29, 1.82) is 0 Å². The van der Waals surface area contributed by atoms with E-state index in [1.807, 2.05) is 12.1 Å². The monoisotopic (exact) mass is 586 g/mol. The van der Waals surface area contributed by atoms with Crippen molar-refractivity contribution in [2.24, 2.45) is 0 Å². The number of ether oxygens (including phenoxy) is 1. The number of carbonyl (C=O) groups is 1. The Morgan fingerprint density at radius 2 is 1.76 bits per heavy atom. The highest BCUT2D eigenvalue weighted by atomic mass is 79.9. The molecule has 9 heteroatoms. The van der Waals surface area contributed by atoms with E-state index in [0.29, 0.717) is 35.4 Å². The molecule has 6 nitrogen and oxygen atoms in total. The fourth-order valence-electron chi connectivity index (χ4n) is 3.63. The maximum atomic E-state index is 14.1. The summed E-state index contributed by atoms with van der Waals surface area (Å²) < 4.78 is 21.2. The zero-order valence-electron chi connectivity index (χ0n) is 21.0. The molecule has 0 radical (unpaired) electrons. The quantitative estimate of drug-likeness (QED) is 0.223. The van der Waals surface area contributed by atoms with Crippen molar-refractivity contribution in [2.75, 3.05) is 43.4 Å². The Balaban J connectivity index is 1.66. The molecule has 0 aliphatic carbocycles. The minimum atomic E-state index is -0.582. The van der Waals surface area contributed by atoms with E-state index in [4.69, 9.17) is 17.0 Å². The van der Waals surface area contributed by atoms with Crippen LogP contribution in [0.4, 0.5) is 15.8 Å². The number of benzene rings is 3. The number of hydrogen-bond donors (Lipinski definition) is 3. The number of anilines is 2. The number of amides is 1. The fourth-order valence-corrected chi connectivity index (χ4v) is 4.11. The van der Waals surface area contributed by atoms with Gasteiger partial charge in [0, 0.05) is 29.3 Å². The summed E-state index contributed by atoms with van der Waals surface area (Å²) in [4.78, 5) is 15.0. The molecule has 0 aliphatic rings. The molecule has 0 unspecified atom stereocenters. The van der Waals surface area contributed by atoms with Gasteiger partial charge in [0.05, 0.1) is 11.3 Å². The molecular formula is C28H32BrFN4O2S. The Morgan fingerprint density at radius 1 is 1.03 bits per heavy atom. The van der Waals surface area contributed by atoms with E-state index in [1.54, 1.807) is 30.3 Å². The largest absolute Gasteiger partial charge is 0.490 e. The second-order valence-electron chi connectivity index (χ2n) is 8.28. The van der Waals surface area contributed by atoms with E-state index < -0.39 is 11.7 Å². The van der Waals surface area contributed by atoms with Crippen LogP contribution in [0.5, 0.6) is 5.75 Å². The summed E-state index contributed by atoms with van der Waals surface area (Å²) in [5.41, 5.74) is 2.34. The van der Waals surface area contributed by atoms with Crippen molar-refractivity contribution in [2.45, 2.75) is 20.3 Å². The number of halogens is 2. The summed E-state index contributed by atoms with van der Waals surface area (Å²) in [5.74, 6) is -0.654. The normalized spacial score (nSPS) is 10.7. The molecule has 0 aromatic heterocycles. The van der Waals surface area contributed by atoms with Crippen molar-refractivity contribution in [3.05, 3.63) is 88.1 Å². The molecule has 0 saturated carbocycles. The average Bonchev–Trinajstić information content (AvgIpc) is 2.89. The van der Waals surface area contributed by atoms with Crippen LogP contribution in [0.15, 0.2) is 71.2 Å². The van der Waals surface area contributed by atoms with Crippen LogP contribution in [-0.4, -0.2) is 48.7 Å². The maximum Gasteiger partial charge on any atom is 0.258 e. The molecule has 3 aromatic rings. The molecule has 0 heterocycles. The summed E-state index contributed by atoms with van der Waals surface area (Å²) in [7, 11) is 0. The van der Waals surface area contributed by atoms with Crippen LogP contribution in [0, 0.1) is 5.82 Å². The predicted molar refractivity (Wildman–Crippen MR) is 156 cm³/mol. The number of carbonyl (C=O) groups excluding carboxylic acids is 1. The highest BCUT2D eigenvalue weighted by Crippen LogP contribution is 2.29. The number of likely N-dealkylation sites (N-methyl/N-ethyl adjacent to an activating group) is 1. The van der Waals surface area contributed by atoms with Gasteiger partial charge in [-0.25, -0.2) is 4.39 Å². The predicted octanol–water partition coefficient (Wildman–Crippen LogP) is 6.09. The Kier molecular flexibility index (Phi) is 11.3. The first-order valence-electron chi connectivity index (χ1n) is 12.2. The van der Waals surface area contributed by atoms with Crippen molar-refractivity contribution in [3.63, 3.8) is 0 Å². The van der Waals surface area contributed by atoms with Crippen LogP contribution in [0.1, 0.15) is 29.8 Å². The first kappa shape index (κ1) is 28.6. The maximum absolute atomic E-state index is 14.1. The summed E-state index contributed by atoms with van der Waals surface area (Å²) in [5, 5.41) is 9.64. The zero-order valence-corrected chi connectivity index (χ0v) is 23.4. The van der Waals surface area contributed by atoms with Gasteiger partial charge < -0.3 is 25.6 Å². The van der Waals surface area contributed by atoms with E-state index >= 15 is 0 Å². The summed E-state index contributed by atoms with van der Waals surface area (Å²) in [6, 6.07) is 19.3. The van der Waals surface area contributed by atoms with E-state index in [9.17, 15) is 9.18 Å². The molecule has 196 valence electrons. The van der Waals surface area contributed by atoms with Gasteiger partial charge in [-0.2, -0.15) is 0 Å². The molecule has 0 spiro atoms. The summed E-state index contributed by atoms with van der Waals surface area (Å²) in [6.07, 6.45) is 0.829. The van der Waals surface area contributed by atoms with E-state index in [-0.39, 0.29) is 5.56 Å². The third kappa shape index (κ3) is 9.10. The van der Waals surface area contributed by atoms with Crippen molar-refractivity contribution in [3.8, 4) is 5.75 Å². The molecular weight excluding hydrogens is 555 g/mol. The van der Waals surface area contributed by atoms with Crippen LogP contribution >= 0.6 is 28.1 Å². The van der Waals surface area contributed by atoms with Crippen LogP contribution in [0.25, 0.3) is 0 Å². The summed E-state index contributed by atoms with van der Waals surface area (Å²) >= 11 is 8.90. The number of nitrogens with one attached hydrogen (secondary N) is 3. The van der Waals surface area contributed by atoms with E-state index in [1.165, 1.54) is 17.7 Å². The van der Waals surface area contributed by atoms with Crippen LogP contribution in [0.2, 0.25) is 0 Å². The minimum Gasteiger partial charge on any atom is -0.490 e. The van der Waals surface area contributed by atoms with Gasteiger partial charge in [0.15, 0.2) is 5.11 Å². The molecule has 3 aromatic carbocycles. The lowest BCUT2D eigenvalue weighted by Gasteiger charge is -2.20. The molecule has 0 atom stereocenters. The SMILES string of the molecule is CCN(CC)CCOc1cc(NC(=S)NCCc2ccc(Br)cc2)ccc1NC(=O)c1ccccc1F. The Morgan fingerprint density at radius 3 is 2.46 bits per heavy atom. The molecule has 0 aliphatic heterocycles. The topological polar surface area (TPSA) is 65.6 Å². The first-order valence-corrected chi connectivity index (χ1v) is 13.4. The Labute approximate surface area is 231 Å². The van der Waals surface area contributed by atoms with E-state index in [0.717, 1.165) is 30.5 Å². The minimum absolute atomic E-state index is 0.0325. The number of rotatable bonds is 12. The van der Waals surface area contributed by atoms with Gasteiger partial charge in [0.2, 0.25) is 0 Å². The van der Waals surface area contributed by atoms with Gasteiger partial charge in [-0.1, -0.05) is 54.0 Å². The van der Waals surface area contributed by atoms with Crippen molar-refractivity contribution >= 4 is 50.5 Å². The van der Waals surface area contributed by atoms with Gasteiger partial charge >= 0.3 is 0 Å². The molecule has 0 saturated heterocycles. The summed E-state index contributed by atoms with van der Waals surface area (Å²) in [6.45, 7) is 7.87. The Bertz CT molecular complexity index is 1190. The van der Waals surface area contributed by atoms with Gasteiger partial charge in [0.1, 0.15) is 18.2 Å². The van der Waals surface area contributed by atoms with E-state index in [2.05, 4.69) is 62.8 Å². The molecule has 3 N–H and O–H groups in total. The molecule has 0 bridgehead atoms. The highest BCUT2D eigenvalue weighted by molar-refractivity contribution is 9.10. The molecule has 37 heavy (non-hydrogen) atoms. The first-order chi connectivity index (χ1) is 17.9. The van der Waals surface area contributed by atoms with Gasteiger partial charge in [-0.05, 0) is 73.7 Å². The molecule has 0 fully saturated rings. The van der Waals surface area contributed by atoms with Gasteiger partial charge in [-0.3, -0.25) is 4.79 Å². The second kappa shape index (κ2) is 14.7. The third-order valence-electron chi connectivity index (χ3n) is 5.78. The lowest BCUT2D eigenvalue weighted by molar-refractivity contribution is 0.102. The second-order valence-corrected chi connectivity index (χ2v) is 9.60. The van der Waals surface area contributed by atoms with Gasteiger partial charge in [-0.15, -0.1) is 0 Å². The average molecular weight is 588 g/mol. The smallest absolute Gasteiger partial charge is 0.258 e. The van der Waals surface area contributed by atoms with Crippen molar-refractivity contribution in [1.82, 2.24) is 10.2 Å². The molecule has 3 rings (SSSR count). The van der Waals surface area contributed by atoms with Crippen LogP contribution in [0.3, 0.4) is 0 Å². The highest BCUT2D eigenvalue weighted by Gasteiger charge is 2.15. The number of nitrogens with zero attached hydrogens (tertiary/aromatic N) is 1. The van der Waals surface area contributed by atoms with Gasteiger partial charge in [0.25, 0.3) is 5.91 Å². The van der Waals surface area contributed by atoms with Crippen LogP contribution < -0.4 is 20.7 Å². The van der Waals surface area contributed by atoms with Crippen LogP contribution in [-0.2, 0) is 6.42 Å².